The number of carbonyl (C=O) groups is 1. The van der Waals surface area contributed by atoms with E-state index in [1.54, 1.807) is 0 Å². The Morgan fingerprint density at radius 2 is 1.67 bits per heavy atom. The van der Waals surface area contributed by atoms with Crippen LogP contribution in [0.25, 0.3) is 0 Å². The van der Waals surface area contributed by atoms with Crippen LogP contribution in [0.4, 0.5) is 0 Å². The van der Waals surface area contributed by atoms with Crippen molar-refractivity contribution in [3.05, 3.63) is 0 Å². The van der Waals surface area contributed by atoms with Crippen LogP contribution in [0.15, 0.2) is 0 Å². The molecule has 0 saturated carbocycles. The molecule has 0 aromatic heterocycles. The number of hydrogen-bond donors (Lipinski definition) is 0. The van der Waals surface area contributed by atoms with Gasteiger partial charge in [-0.25, -0.2) is 0 Å². The summed E-state index contributed by atoms with van der Waals surface area (Å²) in [7, 11) is 6.00. The Morgan fingerprint density at radius 1 is 1.13 bits per heavy atom. The van der Waals surface area contributed by atoms with Gasteiger partial charge in [-0.05, 0) is 33.5 Å². The Balaban J connectivity index is 4.00. The zero-order chi connectivity index (χ0) is 12.1. The van der Waals surface area contributed by atoms with E-state index < -0.39 is 0 Å². The molecule has 0 rings (SSSR count). The number of amides is 1. The SMILES string of the molecule is CCC(C)(C)C(=O)N(C)CCCN(C)C. The van der Waals surface area contributed by atoms with Crippen LogP contribution in [0.5, 0.6) is 0 Å². The minimum Gasteiger partial charge on any atom is -0.345 e. The van der Waals surface area contributed by atoms with Crippen LogP contribution in [-0.2, 0) is 4.79 Å². The van der Waals surface area contributed by atoms with Gasteiger partial charge >= 0.3 is 0 Å². The van der Waals surface area contributed by atoms with Gasteiger partial charge in [0.15, 0.2) is 0 Å². The third-order valence-corrected chi connectivity index (χ3v) is 2.91. The summed E-state index contributed by atoms with van der Waals surface area (Å²) in [4.78, 5) is 16.0. The topological polar surface area (TPSA) is 23.6 Å². The van der Waals surface area contributed by atoms with Crippen LogP contribution < -0.4 is 0 Å². The van der Waals surface area contributed by atoms with Crippen LogP contribution in [0, 0.1) is 5.41 Å². The van der Waals surface area contributed by atoms with Crippen molar-refractivity contribution < 1.29 is 4.79 Å². The summed E-state index contributed by atoms with van der Waals surface area (Å²) in [6.45, 7) is 7.96. The Bertz CT molecular complexity index is 200. The standard InChI is InChI=1S/C12H26N2O/c1-7-12(2,3)11(15)14(6)10-8-9-13(4)5/h7-10H2,1-6H3. The van der Waals surface area contributed by atoms with Crippen molar-refractivity contribution in [1.29, 1.82) is 0 Å². The van der Waals surface area contributed by atoms with Gasteiger partial charge in [0.2, 0.25) is 5.91 Å². The quantitative estimate of drug-likeness (QED) is 0.673. The molecule has 0 radical (unpaired) electrons. The van der Waals surface area contributed by atoms with Crippen molar-refractivity contribution in [1.82, 2.24) is 9.80 Å². The normalized spacial score (nSPS) is 11.9. The molecule has 90 valence electrons. The molecule has 0 aliphatic carbocycles. The molecule has 0 saturated heterocycles. The van der Waals surface area contributed by atoms with Crippen LogP contribution in [0.2, 0.25) is 0 Å². The molecule has 1 amide bonds. The summed E-state index contributed by atoms with van der Waals surface area (Å²) < 4.78 is 0. The zero-order valence-corrected chi connectivity index (χ0v) is 11.1. The Kier molecular flexibility index (Phi) is 5.88. The molecule has 15 heavy (non-hydrogen) atoms. The average molecular weight is 214 g/mol. The second-order valence-electron chi connectivity index (χ2n) is 5.12. The van der Waals surface area contributed by atoms with Gasteiger partial charge in [0.05, 0.1) is 0 Å². The van der Waals surface area contributed by atoms with E-state index in [0.717, 1.165) is 25.9 Å². The van der Waals surface area contributed by atoms with Gasteiger partial charge in [-0.1, -0.05) is 20.8 Å². The van der Waals surface area contributed by atoms with E-state index in [-0.39, 0.29) is 11.3 Å². The molecule has 0 fully saturated rings. The minimum atomic E-state index is -0.215. The highest BCUT2D eigenvalue weighted by Gasteiger charge is 2.27. The monoisotopic (exact) mass is 214 g/mol. The smallest absolute Gasteiger partial charge is 0.227 e. The first-order chi connectivity index (χ1) is 6.81. The maximum absolute atomic E-state index is 12.0. The zero-order valence-electron chi connectivity index (χ0n) is 11.1. The molecular weight excluding hydrogens is 188 g/mol. The highest BCUT2D eigenvalue weighted by molar-refractivity contribution is 5.81. The number of hydrogen-bond acceptors (Lipinski definition) is 2. The fourth-order valence-corrected chi connectivity index (χ4v) is 1.39. The maximum atomic E-state index is 12.0. The lowest BCUT2D eigenvalue weighted by Gasteiger charge is -2.28. The van der Waals surface area contributed by atoms with E-state index in [4.69, 9.17) is 0 Å². The molecule has 0 aromatic rings. The van der Waals surface area contributed by atoms with Gasteiger partial charge in [-0.2, -0.15) is 0 Å². The molecular formula is C12H26N2O. The second kappa shape index (κ2) is 6.11. The van der Waals surface area contributed by atoms with Crippen LogP contribution in [0.3, 0.4) is 0 Å². The van der Waals surface area contributed by atoms with E-state index in [9.17, 15) is 4.79 Å². The van der Waals surface area contributed by atoms with Gasteiger partial charge in [0.25, 0.3) is 0 Å². The van der Waals surface area contributed by atoms with Crippen molar-refractivity contribution in [2.75, 3.05) is 34.2 Å². The molecule has 0 aliphatic heterocycles. The lowest BCUT2D eigenvalue weighted by molar-refractivity contribution is -0.139. The highest BCUT2D eigenvalue weighted by Crippen LogP contribution is 2.22. The van der Waals surface area contributed by atoms with E-state index >= 15 is 0 Å². The van der Waals surface area contributed by atoms with E-state index in [1.807, 2.05) is 25.8 Å². The molecule has 0 bridgehead atoms. The molecule has 0 N–H and O–H groups in total. The second-order valence-corrected chi connectivity index (χ2v) is 5.12. The van der Waals surface area contributed by atoms with Gasteiger partial charge in [0, 0.05) is 19.0 Å². The van der Waals surface area contributed by atoms with Crippen molar-refractivity contribution >= 4 is 5.91 Å². The maximum Gasteiger partial charge on any atom is 0.227 e. The largest absolute Gasteiger partial charge is 0.345 e. The molecule has 0 spiro atoms. The first-order valence-corrected chi connectivity index (χ1v) is 5.71. The first-order valence-electron chi connectivity index (χ1n) is 5.71. The van der Waals surface area contributed by atoms with Crippen molar-refractivity contribution in [2.45, 2.75) is 33.6 Å². The molecule has 3 heteroatoms. The van der Waals surface area contributed by atoms with Crippen molar-refractivity contribution in [3.63, 3.8) is 0 Å². The minimum absolute atomic E-state index is 0.215. The third-order valence-electron chi connectivity index (χ3n) is 2.91. The highest BCUT2D eigenvalue weighted by atomic mass is 16.2. The summed E-state index contributed by atoms with van der Waals surface area (Å²) in [5, 5.41) is 0. The molecule has 3 nitrogen and oxygen atoms in total. The predicted octanol–water partition coefficient (Wildman–Crippen LogP) is 1.83. The average Bonchev–Trinajstić information content (AvgIpc) is 2.15. The predicted molar refractivity (Wildman–Crippen MR) is 64.9 cm³/mol. The summed E-state index contributed by atoms with van der Waals surface area (Å²) >= 11 is 0. The van der Waals surface area contributed by atoms with Gasteiger partial charge in [0.1, 0.15) is 0 Å². The molecule has 0 unspecified atom stereocenters. The number of rotatable bonds is 6. The molecule has 0 atom stereocenters. The van der Waals surface area contributed by atoms with E-state index in [1.165, 1.54) is 0 Å². The molecule has 0 aromatic carbocycles. The summed E-state index contributed by atoms with van der Waals surface area (Å²) in [6.07, 6.45) is 1.93. The Labute approximate surface area is 94.4 Å². The number of nitrogens with zero attached hydrogens (tertiary/aromatic N) is 2. The summed E-state index contributed by atoms with van der Waals surface area (Å²) in [5.41, 5.74) is -0.215. The first kappa shape index (κ1) is 14.4. The van der Waals surface area contributed by atoms with Gasteiger partial charge in [-0.15, -0.1) is 0 Å². The van der Waals surface area contributed by atoms with Crippen LogP contribution >= 0.6 is 0 Å². The van der Waals surface area contributed by atoms with E-state index in [0.29, 0.717) is 0 Å². The molecule has 0 aliphatic rings. The van der Waals surface area contributed by atoms with E-state index in [2.05, 4.69) is 25.9 Å². The molecule has 0 heterocycles. The lowest BCUT2D eigenvalue weighted by atomic mass is 9.88. The van der Waals surface area contributed by atoms with Crippen LogP contribution in [0.1, 0.15) is 33.6 Å². The third kappa shape index (κ3) is 5.17. The summed E-state index contributed by atoms with van der Waals surface area (Å²) in [5.74, 6) is 0.253. The fourth-order valence-electron chi connectivity index (χ4n) is 1.39. The number of carbonyl (C=O) groups excluding carboxylic acids is 1. The Hall–Kier alpha value is -0.570. The summed E-state index contributed by atoms with van der Waals surface area (Å²) in [6, 6.07) is 0. The fraction of sp³-hybridized carbons (Fsp3) is 0.917. The van der Waals surface area contributed by atoms with Crippen molar-refractivity contribution in [3.8, 4) is 0 Å². The Morgan fingerprint density at radius 3 is 2.07 bits per heavy atom. The van der Waals surface area contributed by atoms with Gasteiger partial charge < -0.3 is 9.80 Å². The van der Waals surface area contributed by atoms with Crippen LogP contribution in [-0.4, -0.2) is 49.9 Å². The van der Waals surface area contributed by atoms with Crippen molar-refractivity contribution in [2.24, 2.45) is 5.41 Å². The van der Waals surface area contributed by atoms with Gasteiger partial charge in [-0.3, -0.25) is 4.79 Å². The lowest BCUT2D eigenvalue weighted by Crippen LogP contribution is -2.39.